The molecule has 0 fully saturated rings. The van der Waals surface area contributed by atoms with Crippen LogP contribution in [0.5, 0.6) is 0 Å². The lowest BCUT2D eigenvalue weighted by atomic mass is 10.5. The Morgan fingerprint density at radius 1 is 1.67 bits per heavy atom. The van der Waals surface area contributed by atoms with E-state index < -0.39 is 10.0 Å². The molecule has 0 saturated carbocycles. The number of aromatic nitrogens is 2. The van der Waals surface area contributed by atoms with E-state index in [-0.39, 0.29) is 10.3 Å². The summed E-state index contributed by atoms with van der Waals surface area (Å²) in [5.74, 6) is 0.591. The molecule has 0 bridgehead atoms. The van der Waals surface area contributed by atoms with Crippen molar-refractivity contribution in [1.82, 2.24) is 14.7 Å². The van der Waals surface area contributed by atoms with E-state index in [0.717, 1.165) is 0 Å². The first-order chi connectivity index (χ1) is 6.95. The standard InChI is InChI=1S/C8H15N3O2S2/c1-6(14-3)4-10-15(12,13)8-5-9-7(2)11-8/h5-6,10H,4H2,1-3H3,(H,9,11). The molecule has 0 aromatic carbocycles. The van der Waals surface area contributed by atoms with Crippen LogP contribution in [0.25, 0.3) is 0 Å². The van der Waals surface area contributed by atoms with Gasteiger partial charge in [-0.15, -0.1) is 0 Å². The van der Waals surface area contributed by atoms with Crippen molar-refractivity contribution in [1.29, 1.82) is 0 Å². The van der Waals surface area contributed by atoms with Gasteiger partial charge < -0.3 is 4.98 Å². The van der Waals surface area contributed by atoms with Gasteiger partial charge in [0.1, 0.15) is 5.82 Å². The number of aromatic amines is 1. The maximum Gasteiger partial charge on any atom is 0.257 e. The van der Waals surface area contributed by atoms with E-state index in [1.165, 1.54) is 6.20 Å². The van der Waals surface area contributed by atoms with Gasteiger partial charge in [-0.05, 0) is 13.2 Å². The van der Waals surface area contributed by atoms with Gasteiger partial charge in [-0.25, -0.2) is 18.1 Å². The zero-order valence-electron chi connectivity index (χ0n) is 8.94. The van der Waals surface area contributed by atoms with Crippen molar-refractivity contribution < 1.29 is 8.42 Å². The van der Waals surface area contributed by atoms with Gasteiger partial charge >= 0.3 is 0 Å². The number of nitrogens with one attached hydrogen (secondary N) is 2. The molecule has 0 amide bonds. The first kappa shape index (κ1) is 12.5. The van der Waals surface area contributed by atoms with Gasteiger partial charge in [0.25, 0.3) is 10.0 Å². The Morgan fingerprint density at radius 3 is 2.80 bits per heavy atom. The third-order valence-corrected chi connectivity index (χ3v) is 4.24. The van der Waals surface area contributed by atoms with Gasteiger partial charge in [-0.3, -0.25) is 0 Å². The van der Waals surface area contributed by atoms with Crippen LogP contribution >= 0.6 is 11.8 Å². The molecular weight excluding hydrogens is 234 g/mol. The van der Waals surface area contributed by atoms with Gasteiger partial charge in [-0.1, -0.05) is 6.92 Å². The van der Waals surface area contributed by atoms with Crippen LogP contribution in [-0.2, 0) is 10.0 Å². The first-order valence-corrected chi connectivity index (χ1v) is 7.27. The van der Waals surface area contributed by atoms with Gasteiger partial charge in [-0.2, -0.15) is 11.8 Å². The minimum Gasteiger partial charge on any atom is -0.332 e. The molecule has 7 heteroatoms. The fourth-order valence-electron chi connectivity index (χ4n) is 0.923. The molecule has 0 aliphatic heterocycles. The van der Waals surface area contributed by atoms with E-state index in [0.29, 0.717) is 12.4 Å². The minimum atomic E-state index is -3.43. The predicted octanol–water partition coefficient (Wildman–Crippen LogP) is 0.748. The maximum atomic E-state index is 11.7. The highest BCUT2D eigenvalue weighted by atomic mass is 32.2. The number of H-pyrrole nitrogens is 1. The number of hydrogen-bond donors (Lipinski definition) is 2. The summed E-state index contributed by atoms with van der Waals surface area (Å²) in [4.78, 5) is 6.54. The monoisotopic (exact) mass is 249 g/mol. The fourth-order valence-corrected chi connectivity index (χ4v) is 2.38. The molecule has 0 aliphatic rings. The third kappa shape index (κ3) is 3.51. The van der Waals surface area contributed by atoms with Crippen LogP contribution in [0, 0.1) is 6.92 Å². The Kier molecular flexibility index (Phi) is 4.18. The molecule has 1 aromatic rings. The lowest BCUT2D eigenvalue weighted by Crippen LogP contribution is -2.29. The predicted molar refractivity (Wildman–Crippen MR) is 61.5 cm³/mol. The van der Waals surface area contributed by atoms with Gasteiger partial charge in [0.05, 0.1) is 6.20 Å². The van der Waals surface area contributed by atoms with Crippen LogP contribution in [0.2, 0.25) is 0 Å². The molecule has 15 heavy (non-hydrogen) atoms. The highest BCUT2D eigenvalue weighted by Crippen LogP contribution is 2.07. The van der Waals surface area contributed by atoms with Gasteiger partial charge in [0.15, 0.2) is 5.03 Å². The molecule has 2 N–H and O–H groups in total. The van der Waals surface area contributed by atoms with Crippen LogP contribution in [0.3, 0.4) is 0 Å². The van der Waals surface area contributed by atoms with Crippen molar-refractivity contribution in [3.05, 3.63) is 12.0 Å². The quantitative estimate of drug-likeness (QED) is 0.807. The SMILES string of the molecule is CSC(C)CNS(=O)(=O)c1cnc(C)[nH]1. The topological polar surface area (TPSA) is 74.8 Å². The number of thioether (sulfide) groups is 1. The Hall–Kier alpha value is -0.530. The number of hydrogen-bond acceptors (Lipinski definition) is 4. The molecule has 1 heterocycles. The van der Waals surface area contributed by atoms with Crippen LogP contribution in [-0.4, -0.2) is 36.4 Å². The summed E-state index contributed by atoms with van der Waals surface area (Å²) in [6.45, 7) is 4.09. The van der Waals surface area contributed by atoms with E-state index in [9.17, 15) is 8.42 Å². The van der Waals surface area contributed by atoms with Crippen molar-refractivity contribution in [2.24, 2.45) is 0 Å². The van der Waals surface area contributed by atoms with Crippen molar-refractivity contribution in [3.63, 3.8) is 0 Å². The molecular formula is C8H15N3O2S2. The number of rotatable bonds is 5. The summed E-state index contributed by atoms with van der Waals surface area (Å²) in [6, 6.07) is 0. The highest BCUT2D eigenvalue weighted by molar-refractivity contribution is 7.99. The van der Waals surface area contributed by atoms with Crippen LogP contribution in [0.4, 0.5) is 0 Å². The molecule has 1 rings (SSSR count). The lowest BCUT2D eigenvalue weighted by Gasteiger charge is -2.08. The van der Waals surface area contributed by atoms with Crippen LogP contribution in [0.15, 0.2) is 11.2 Å². The lowest BCUT2D eigenvalue weighted by molar-refractivity contribution is 0.578. The average molecular weight is 249 g/mol. The average Bonchev–Trinajstić information content (AvgIpc) is 2.62. The largest absolute Gasteiger partial charge is 0.332 e. The smallest absolute Gasteiger partial charge is 0.257 e. The second-order valence-corrected chi connectivity index (χ2v) is 6.24. The molecule has 0 aliphatic carbocycles. The zero-order valence-corrected chi connectivity index (χ0v) is 10.6. The molecule has 5 nitrogen and oxygen atoms in total. The van der Waals surface area contributed by atoms with Gasteiger partial charge in [0, 0.05) is 11.8 Å². The van der Waals surface area contributed by atoms with Gasteiger partial charge in [0.2, 0.25) is 0 Å². The van der Waals surface area contributed by atoms with Crippen LogP contribution in [0.1, 0.15) is 12.7 Å². The number of imidazole rings is 1. The van der Waals surface area contributed by atoms with E-state index in [2.05, 4.69) is 14.7 Å². The van der Waals surface area contributed by atoms with Crippen LogP contribution < -0.4 is 4.72 Å². The summed E-state index contributed by atoms with van der Waals surface area (Å²) >= 11 is 1.61. The number of sulfonamides is 1. The Balaban J connectivity index is 2.68. The number of aryl methyl sites for hydroxylation is 1. The Labute approximate surface area is 94.1 Å². The second kappa shape index (κ2) is 5.00. The summed E-state index contributed by atoms with van der Waals surface area (Å²) in [5, 5.41) is 0.372. The Bertz CT molecular complexity index is 413. The number of nitrogens with zero attached hydrogens (tertiary/aromatic N) is 1. The third-order valence-electron chi connectivity index (χ3n) is 1.93. The normalized spacial score (nSPS) is 14.1. The fraction of sp³-hybridized carbons (Fsp3) is 0.625. The molecule has 0 spiro atoms. The minimum absolute atomic E-state index is 0.119. The van der Waals surface area contributed by atoms with Crippen molar-refractivity contribution in [3.8, 4) is 0 Å². The van der Waals surface area contributed by atoms with E-state index in [4.69, 9.17) is 0 Å². The first-order valence-electron chi connectivity index (χ1n) is 4.50. The Morgan fingerprint density at radius 2 is 2.33 bits per heavy atom. The van der Waals surface area contributed by atoms with Crippen molar-refractivity contribution in [2.45, 2.75) is 24.1 Å². The summed E-state index contributed by atoms with van der Waals surface area (Å²) in [7, 11) is -3.43. The van der Waals surface area contributed by atoms with E-state index in [1.807, 2.05) is 13.2 Å². The molecule has 86 valence electrons. The van der Waals surface area contributed by atoms with Crippen molar-refractivity contribution in [2.75, 3.05) is 12.8 Å². The molecule has 1 atom stereocenters. The molecule has 1 unspecified atom stereocenters. The molecule has 0 radical (unpaired) electrons. The summed E-state index contributed by atoms with van der Waals surface area (Å²) in [6.07, 6.45) is 3.26. The zero-order chi connectivity index (χ0) is 11.5. The summed E-state index contributed by atoms with van der Waals surface area (Å²) < 4.78 is 25.9. The van der Waals surface area contributed by atoms with E-state index in [1.54, 1.807) is 18.7 Å². The van der Waals surface area contributed by atoms with E-state index >= 15 is 0 Å². The van der Waals surface area contributed by atoms with Crippen molar-refractivity contribution >= 4 is 21.8 Å². The molecule has 1 aromatic heterocycles. The highest BCUT2D eigenvalue weighted by Gasteiger charge is 2.16. The second-order valence-electron chi connectivity index (χ2n) is 3.23. The molecule has 0 saturated heterocycles. The maximum absolute atomic E-state index is 11.7. The summed E-state index contributed by atoms with van der Waals surface area (Å²) in [5.41, 5.74) is 0.